The number of hydrogen-bond acceptors (Lipinski definition) is 4. The number of hydrogen-bond donors (Lipinski definition) is 1. The first-order chi connectivity index (χ1) is 17.0. The van der Waals surface area contributed by atoms with Gasteiger partial charge in [-0.15, -0.1) is 0 Å². The summed E-state index contributed by atoms with van der Waals surface area (Å²) in [6.45, 7) is 2.79. The quantitative estimate of drug-likeness (QED) is 0.316. The largest absolute Gasteiger partial charge is 0.317 e. The highest BCUT2D eigenvalue weighted by Gasteiger charge is 2.21. The van der Waals surface area contributed by atoms with Gasteiger partial charge in [-0.2, -0.15) is 0 Å². The van der Waals surface area contributed by atoms with Gasteiger partial charge in [0, 0.05) is 19.0 Å². The van der Waals surface area contributed by atoms with Crippen molar-refractivity contribution in [3.05, 3.63) is 75.7 Å². The molecule has 1 saturated heterocycles. The van der Waals surface area contributed by atoms with Gasteiger partial charge < -0.3 is 9.88 Å². The summed E-state index contributed by atoms with van der Waals surface area (Å²) < 4.78 is 29.4. The molecule has 0 atom stereocenters. The number of fused-ring (bicyclic) bond motifs is 1. The standard InChI is InChI=1S/C26H25Cl2F2N5/c27-19-2-1-3-20(28)24(19)26-33-22-15-32-23(7-5-17-4-6-18(29)14-21(17)30)34-25(22)35(26)13-10-16-8-11-31-12-9-16/h1-4,6,14-16,31H,5,7-13H2. The van der Waals surface area contributed by atoms with E-state index in [1.807, 2.05) is 6.07 Å². The van der Waals surface area contributed by atoms with Crippen molar-refractivity contribution in [2.45, 2.75) is 38.6 Å². The minimum atomic E-state index is -0.590. The molecule has 2 aromatic heterocycles. The Morgan fingerprint density at radius 1 is 1.00 bits per heavy atom. The highest BCUT2D eigenvalue weighted by Crippen LogP contribution is 2.36. The zero-order valence-corrected chi connectivity index (χ0v) is 20.6. The number of nitrogens with one attached hydrogen (secondary N) is 1. The molecule has 0 spiro atoms. The maximum Gasteiger partial charge on any atom is 0.164 e. The van der Waals surface area contributed by atoms with Gasteiger partial charge >= 0.3 is 0 Å². The summed E-state index contributed by atoms with van der Waals surface area (Å²) in [6.07, 6.45) is 5.73. The molecule has 1 fully saturated rings. The lowest BCUT2D eigenvalue weighted by Crippen LogP contribution is -2.28. The van der Waals surface area contributed by atoms with E-state index in [0.29, 0.717) is 62.7 Å². The molecular weight excluding hydrogens is 491 g/mol. The van der Waals surface area contributed by atoms with E-state index in [4.69, 9.17) is 33.2 Å². The fourth-order valence-corrected chi connectivity index (χ4v) is 5.21. The molecule has 5 rings (SSSR count). The molecule has 1 aliphatic rings. The number of halogens is 4. The summed E-state index contributed by atoms with van der Waals surface area (Å²) >= 11 is 13.1. The molecule has 0 unspecified atom stereocenters. The van der Waals surface area contributed by atoms with E-state index in [1.165, 1.54) is 12.1 Å². The predicted molar refractivity (Wildman–Crippen MR) is 135 cm³/mol. The van der Waals surface area contributed by atoms with Gasteiger partial charge in [0.05, 0.1) is 21.8 Å². The Bertz CT molecular complexity index is 1330. The highest BCUT2D eigenvalue weighted by molar-refractivity contribution is 6.39. The number of piperidine rings is 1. The molecule has 1 N–H and O–H groups in total. The van der Waals surface area contributed by atoms with Crippen LogP contribution in [-0.4, -0.2) is 32.6 Å². The molecule has 0 aliphatic carbocycles. The third-order valence-corrected chi connectivity index (χ3v) is 7.21. The summed E-state index contributed by atoms with van der Waals surface area (Å²) in [5.41, 5.74) is 2.46. The van der Waals surface area contributed by atoms with Gasteiger partial charge in [-0.3, -0.25) is 0 Å². The van der Waals surface area contributed by atoms with E-state index in [2.05, 4.69) is 14.9 Å². The SMILES string of the molecule is Fc1ccc(CCc2ncc3nc(-c4c(Cl)cccc4Cl)n(CCC4CCNCC4)c3n2)c(F)c1. The van der Waals surface area contributed by atoms with Crippen molar-refractivity contribution in [3.8, 4) is 11.4 Å². The van der Waals surface area contributed by atoms with E-state index < -0.39 is 11.6 Å². The van der Waals surface area contributed by atoms with Crippen molar-refractivity contribution < 1.29 is 8.78 Å². The number of benzene rings is 2. The molecule has 0 saturated carbocycles. The van der Waals surface area contributed by atoms with Gasteiger partial charge in [-0.05, 0) is 68.5 Å². The first kappa shape index (κ1) is 24.1. The molecule has 2 aromatic carbocycles. The molecule has 0 amide bonds. The Morgan fingerprint density at radius 2 is 1.77 bits per heavy atom. The topological polar surface area (TPSA) is 55.6 Å². The van der Waals surface area contributed by atoms with Crippen LogP contribution in [0.2, 0.25) is 10.0 Å². The monoisotopic (exact) mass is 515 g/mol. The maximum atomic E-state index is 14.1. The Morgan fingerprint density at radius 3 is 2.51 bits per heavy atom. The smallest absolute Gasteiger partial charge is 0.164 e. The molecule has 9 heteroatoms. The van der Waals surface area contributed by atoms with Gasteiger partial charge in [-0.25, -0.2) is 23.7 Å². The molecule has 35 heavy (non-hydrogen) atoms. The third-order valence-electron chi connectivity index (χ3n) is 6.58. The summed E-state index contributed by atoms with van der Waals surface area (Å²) in [5, 5.41) is 4.46. The van der Waals surface area contributed by atoms with Gasteiger partial charge in [-0.1, -0.05) is 35.3 Å². The number of rotatable bonds is 7. The molecule has 0 radical (unpaired) electrons. The number of imidazole rings is 1. The van der Waals surface area contributed by atoms with Crippen molar-refractivity contribution in [2.24, 2.45) is 5.92 Å². The Balaban J connectivity index is 1.49. The number of nitrogens with zero attached hydrogens (tertiary/aromatic N) is 4. The minimum Gasteiger partial charge on any atom is -0.317 e. The lowest BCUT2D eigenvalue weighted by molar-refractivity contribution is 0.339. The second kappa shape index (κ2) is 10.6. The summed E-state index contributed by atoms with van der Waals surface area (Å²) in [5.74, 6) is 0.703. The van der Waals surface area contributed by atoms with Gasteiger partial charge in [0.2, 0.25) is 0 Å². The van der Waals surface area contributed by atoms with Crippen LogP contribution in [-0.2, 0) is 19.4 Å². The van der Waals surface area contributed by atoms with Gasteiger partial charge in [0.1, 0.15) is 28.8 Å². The second-order valence-electron chi connectivity index (χ2n) is 8.90. The van der Waals surface area contributed by atoms with Crippen molar-refractivity contribution in [1.82, 2.24) is 24.8 Å². The molecule has 5 nitrogen and oxygen atoms in total. The van der Waals surface area contributed by atoms with Crippen molar-refractivity contribution >= 4 is 34.4 Å². The predicted octanol–water partition coefficient (Wildman–Crippen LogP) is 6.25. The molecule has 3 heterocycles. The Hall–Kier alpha value is -2.61. The van der Waals surface area contributed by atoms with Gasteiger partial charge in [0.15, 0.2) is 5.65 Å². The van der Waals surface area contributed by atoms with Crippen LogP contribution in [0.25, 0.3) is 22.6 Å². The van der Waals surface area contributed by atoms with E-state index in [1.54, 1.807) is 18.3 Å². The lowest BCUT2D eigenvalue weighted by atomic mass is 9.95. The molecule has 0 bridgehead atoms. The zero-order chi connectivity index (χ0) is 24.4. The summed E-state index contributed by atoms with van der Waals surface area (Å²) in [6, 6.07) is 9.03. The third kappa shape index (κ3) is 5.32. The van der Waals surface area contributed by atoms with Gasteiger partial charge in [0.25, 0.3) is 0 Å². The fourth-order valence-electron chi connectivity index (χ4n) is 4.64. The fraction of sp³-hybridized carbons (Fsp3) is 0.346. The summed E-state index contributed by atoms with van der Waals surface area (Å²) in [4.78, 5) is 14.1. The molecule has 4 aromatic rings. The van der Waals surface area contributed by atoms with Crippen LogP contribution in [0.4, 0.5) is 8.78 Å². The maximum absolute atomic E-state index is 14.1. The van der Waals surface area contributed by atoms with E-state index in [0.717, 1.165) is 45.0 Å². The second-order valence-corrected chi connectivity index (χ2v) is 9.71. The molecule has 182 valence electrons. The first-order valence-electron chi connectivity index (χ1n) is 11.8. The first-order valence-corrected chi connectivity index (χ1v) is 12.6. The van der Waals surface area contributed by atoms with Crippen LogP contribution in [0.15, 0.2) is 42.6 Å². The Labute approximate surface area is 212 Å². The van der Waals surface area contributed by atoms with Crippen LogP contribution >= 0.6 is 23.2 Å². The lowest BCUT2D eigenvalue weighted by Gasteiger charge is -2.23. The minimum absolute atomic E-state index is 0.365. The Kier molecular flexibility index (Phi) is 7.27. The van der Waals surface area contributed by atoms with Crippen molar-refractivity contribution in [1.29, 1.82) is 0 Å². The zero-order valence-electron chi connectivity index (χ0n) is 19.1. The van der Waals surface area contributed by atoms with Crippen LogP contribution in [0.1, 0.15) is 30.7 Å². The number of aryl methyl sites for hydroxylation is 3. The molecule has 1 aliphatic heterocycles. The van der Waals surface area contributed by atoms with Crippen LogP contribution in [0, 0.1) is 17.6 Å². The van der Waals surface area contributed by atoms with Crippen LogP contribution in [0.5, 0.6) is 0 Å². The normalized spacial score (nSPS) is 14.6. The van der Waals surface area contributed by atoms with Crippen molar-refractivity contribution in [2.75, 3.05) is 13.1 Å². The summed E-state index contributed by atoms with van der Waals surface area (Å²) in [7, 11) is 0. The molecular formula is C26H25Cl2F2N5. The average Bonchev–Trinajstić information content (AvgIpc) is 3.20. The van der Waals surface area contributed by atoms with Crippen molar-refractivity contribution in [3.63, 3.8) is 0 Å². The average molecular weight is 516 g/mol. The highest BCUT2D eigenvalue weighted by atomic mass is 35.5. The number of aromatic nitrogens is 4. The van der Waals surface area contributed by atoms with E-state index >= 15 is 0 Å². The van der Waals surface area contributed by atoms with Crippen LogP contribution in [0.3, 0.4) is 0 Å². The van der Waals surface area contributed by atoms with E-state index in [-0.39, 0.29) is 0 Å². The van der Waals surface area contributed by atoms with Crippen LogP contribution < -0.4 is 5.32 Å². The van der Waals surface area contributed by atoms with E-state index in [9.17, 15) is 8.78 Å².